The summed E-state index contributed by atoms with van der Waals surface area (Å²) in [5.41, 5.74) is 7.30. The SMILES string of the molecule is COc1cc(CCO[C@@H]2CCCC[C@@H]2N2CC[C@@H](O)C2)ccc1C.COc1cc(CCO[C@@H]2CCCC[C@@H]2N2CC[C@H](O)C2)ccc1C.COc1cc(CCO[C@H]2CCCCC2N2CC[C@H](O)C2)ccc1C. The molecule has 1 unspecified atom stereocenters. The largest absolute Gasteiger partial charge is 0.496 e. The highest BCUT2D eigenvalue weighted by molar-refractivity contribution is 5.38. The number of β-amino-alcohol motifs (C(OH)–C–C–N with tert-alkyl or cyclic N) is 3. The minimum Gasteiger partial charge on any atom is -0.496 e. The Hall–Kier alpha value is -3.30. The number of hydrogen-bond donors (Lipinski definition) is 3. The predicted molar refractivity (Wildman–Crippen MR) is 287 cm³/mol. The molecule has 9 atom stereocenters. The quantitative estimate of drug-likeness (QED) is 0.113. The summed E-state index contributed by atoms with van der Waals surface area (Å²) in [6, 6.07) is 20.7. The number of benzene rings is 3. The highest BCUT2D eigenvalue weighted by atomic mass is 16.5. The van der Waals surface area contributed by atoms with E-state index in [9.17, 15) is 15.3 Å². The Balaban J connectivity index is 0.000000158. The zero-order valence-electron chi connectivity index (χ0n) is 45.1. The van der Waals surface area contributed by atoms with Gasteiger partial charge < -0.3 is 43.7 Å². The molecule has 3 N–H and O–H groups in total. The van der Waals surface area contributed by atoms with E-state index in [0.29, 0.717) is 36.4 Å². The summed E-state index contributed by atoms with van der Waals surface area (Å²) in [5, 5.41) is 29.5. The predicted octanol–water partition coefficient (Wildman–Crippen LogP) is 8.82. The van der Waals surface area contributed by atoms with Crippen LogP contribution in [0.2, 0.25) is 0 Å². The van der Waals surface area contributed by atoms with Crippen LogP contribution in [0.3, 0.4) is 0 Å². The van der Waals surface area contributed by atoms with Gasteiger partial charge >= 0.3 is 0 Å². The van der Waals surface area contributed by atoms with Crippen LogP contribution in [0.15, 0.2) is 54.6 Å². The van der Waals surface area contributed by atoms with E-state index in [0.717, 1.165) is 134 Å². The van der Waals surface area contributed by atoms with Gasteiger partial charge in [0.25, 0.3) is 0 Å². The Morgan fingerprint density at radius 1 is 0.403 bits per heavy atom. The van der Waals surface area contributed by atoms with Gasteiger partial charge in [-0.1, -0.05) is 74.9 Å². The van der Waals surface area contributed by atoms with Crippen molar-refractivity contribution in [2.24, 2.45) is 0 Å². The van der Waals surface area contributed by atoms with E-state index in [2.05, 4.69) is 90.1 Å². The summed E-state index contributed by atoms with van der Waals surface area (Å²) >= 11 is 0. The summed E-state index contributed by atoms with van der Waals surface area (Å²) in [6.45, 7) is 14.0. The molecule has 3 saturated heterocycles. The van der Waals surface area contributed by atoms with Crippen molar-refractivity contribution in [3.05, 3.63) is 88.0 Å². The lowest BCUT2D eigenvalue weighted by molar-refractivity contribution is -0.0317. The molecule has 3 aliphatic heterocycles. The monoisotopic (exact) mass is 1000 g/mol. The summed E-state index contributed by atoms with van der Waals surface area (Å²) in [4.78, 5) is 7.34. The number of ether oxygens (including phenoxy) is 6. The molecule has 0 amide bonds. The van der Waals surface area contributed by atoms with Gasteiger partial charge in [0.15, 0.2) is 0 Å². The molecule has 3 saturated carbocycles. The molecule has 0 spiro atoms. The van der Waals surface area contributed by atoms with Gasteiger partial charge in [0, 0.05) is 57.4 Å². The van der Waals surface area contributed by atoms with E-state index in [1.807, 2.05) is 0 Å². The molecule has 3 heterocycles. The number of likely N-dealkylation sites (tertiary alicyclic amines) is 3. The standard InChI is InChI=1S/3C20H31NO3/c3*1-15-7-8-16(13-20(15)23-2)10-12-24-19-6-4-3-5-18(19)21-11-9-17(22)14-21/h3*7-8,13,17-19,22H,3-6,9-12,14H2,1-2H3/t17-,18?,19-;17-,18+,19-;17-,18-,19+/m010/s1. The number of aliphatic hydroxyl groups is 3. The van der Waals surface area contributed by atoms with Gasteiger partial charge in [-0.2, -0.15) is 0 Å². The fraction of sp³-hybridized carbons (Fsp3) is 0.700. The Kier molecular flexibility index (Phi) is 22.8. The van der Waals surface area contributed by atoms with Gasteiger partial charge in [-0.15, -0.1) is 0 Å². The van der Waals surface area contributed by atoms with Crippen LogP contribution in [0.4, 0.5) is 0 Å². The van der Waals surface area contributed by atoms with Crippen LogP contribution in [0.1, 0.15) is 130 Å². The second-order valence-electron chi connectivity index (χ2n) is 21.8. The van der Waals surface area contributed by atoms with Crippen molar-refractivity contribution in [1.29, 1.82) is 0 Å². The van der Waals surface area contributed by atoms with Gasteiger partial charge in [0.1, 0.15) is 17.2 Å². The van der Waals surface area contributed by atoms with Crippen molar-refractivity contribution in [2.45, 2.75) is 191 Å². The first-order valence-electron chi connectivity index (χ1n) is 28.0. The molecule has 3 aliphatic carbocycles. The molecular formula is C60H93N3O9. The molecule has 6 fully saturated rings. The van der Waals surface area contributed by atoms with Gasteiger partial charge in [0.2, 0.25) is 0 Å². The maximum Gasteiger partial charge on any atom is 0.122 e. The maximum atomic E-state index is 9.82. The second-order valence-corrected chi connectivity index (χ2v) is 21.8. The number of hydrogen-bond acceptors (Lipinski definition) is 12. The van der Waals surface area contributed by atoms with E-state index in [1.165, 1.54) is 91.2 Å². The average Bonchev–Trinajstić information content (AvgIpc) is 4.17. The normalized spacial score (nSPS) is 28.2. The molecular weight excluding hydrogens is 907 g/mol. The lowest BCUT2D eigenvalue weighted by atomic mass is 9.91. The Morgan fingerprint density at radius 3 is 0.931 bits per heavy atom. The van der Waals surface area contributed by atoms with Crippen molar-refractivity contribution in [3.63, 3.8) is 0 Å². The smallest absolute Gasteiger partial charge is 0.122 e. The molecule has 3 aromatic rings. The topological polar surface area (TPSA) is 126 Å². The first-order valence-corrected chi connectivity index (χ1v) is 28.0. The molecule has 6 aliphatic rings. The van der Waals surface area contributed by atoms with E-state index in [1.54, 1.807) is 21.3 Å². The number of aliphatic hydroxyl groups excluding tert-OH is 3. The van der Waals surface area contributed by atoms with Gasteiger partial charge in [0.05, 0.1) is 77.8 Å². The van der Waals surface area contributed by atoms with Crippen LogP contribution >= 0.6 is 0 Å². The Morgan fingerprint density at radius 2 is 0.681 bits per heavy atom. The number of methoxy groups -OCH3 is 3. The zero-order valence-corrected chi connectivity index (χ0v) is 45.1. The molecule has 12 nitrogen and oxygen atoms in total. The van der Waals surface area contributed by atoms with Gasteiger partial charge in [-0.3, -0.25) is 14.7 Å². The fourth-order valence-electron chi connectivity index (χ4n) is 12.3. The zero-order chi connectivity index (χ0) is 50.8. The first kappa shape index (κ1) is 56.4. The van der Waals surface area contributed by atoms with Crippen LogP contribution in [0.25, 0.3) is 0 Å². The molecule has 0 radical (unpaired) electrons. The maximum absolute atomic E-state index is 9.82. The van der Waals surface area contributed by atoms with E-state index in [4.69, 9.17) is 28.4 Å². The summed E-state index contributed by atoms with van der Waals surface area (Å²) in [7, 11) is 5.17. The molecule has 12 heteroatoms. The number of rotatable bonds is 18. The van der Waals surface area contributed by atoms with Crippen LogP contribution in [0.5, 0.6) is 17.2 Å². The second kappa shape index (κ2) is 29.1. The first-order chi connectivity index (χ1) is 35.0. The minimum absolute atomic E-state index is 0.146. The van der Waals surface area contributed by atoms with Gasteiger partial charge in [-0.25, -0.2) is 0 Å². The highest BCUT2D eigenvalue weighted by Crippen LogP contribution is 2.32. The highest BCUT2D eigenvalue weighted by Gasteiger charge is 2.37. The van der Waals surface area contributed by atoms with Crippen LogP contribution < -0.4 is 14.2 Å². The molecule has 0 bridgehead atoms. The van der Waals surface area contributed by atoms with Gasteiger partial charge in [-0.05, 0) is 149 Å². The van der Waals surface area contributed by atoms with Crippen molar-refractivity contribution in [2.75, 3.05) is 80.4 Å². The molecule has 402 valence electrons. The minimum atomic E-state index is -0.146. The van der Waals surface area contributed by atoms with Crippen LogP contribution in [0, 0.1) is 20.8 Å². The summed E-state index contributed by atoms with van der Waals surface area (Å²) in [5.74, 6) is 2.86. The molecule has 72 heavy (non-hydrogen) atoms. The number of nitrogens with zero attached hydrogens (tertiary/aromatic N) is 3. The fourth-order valence-corrected chi connectivity index (χ4v) is 12.3. The van der Waals surface area contributed by atoms with Crippen molar-refractivity contribution >= 4 is 0 Å². The summed E-state index contributed by atoms with van der Waals surface area (Å²) in [6.07, 6.45) is 20.7. The third-order valence-electron chi connectivity index (χ3n) is 16.6. The van der Waals surface area contributed by atoms with E-state index < -0.39 is 0 Å². The third kappa shape index (κ3) is 16.6. The lowest BCUT2D eigenvalue weighted by Gasteiger charge is -2.37. The average molecular weight is 1000 g/mol. The summed E-state index contributed by atoms with van der Waals surface area (Å²) < 4.78 is 35.1. The van der Waals surface area contributed by atoms with Crippen molar-refractivity contribution in [3.8, 4) is 17.2 Å². The molecule has 3 aromatic carbocycles. The Bertz CT molecular complexity index is 1830. The number of aryl methyl sites for hydroxylation is 3. The molecule has 0 aromatic heterocycles. The van der Waals surface area contributed by atoms with E-state index in [-0.39, 0.29) is 18.3 Å². The molecule has 9 rings (SSSR count). The van der Waals surface area contributed by atoms with E-state index >= 15 is 0 Å². The van der Waals surface area contributed by atoms with Crippen molar-refractivity contribution in [1.82, 2.24) is 14.7 Å². The van der Waals surface area contributed by atoms with Crippen LogP contribution in [-0.4, -0.2) is 165 Å². The lowest BCUT2D eigenvalue weighted by Crippen LogP contribution is -2.46. The third-order valence-corrected chi connectivity index (χ3v) is 16.6. The van der Waals surface area contributed by atoms with Crippen LogP contribution in [-0.2, 0) is 33.5 Å². The Labute approximate surface area is 433 Å². The van der Waals surface area contributed by atoms with Crippen molar-refractivity contribution < 1.29 is 43.7 Å².